The fourth-order valence-electron chi connectivity index (χ4n) is 3.39. The van der Waals surface area contributed by atoms with E-state index in [0.717, 1.165) is 29.1 Å². The van der Waals surface area contributed by atoms with Crippen LogP contribution in [0.25, 0.3) is 0 Å². The second-order valence-corrected chi connectivity index (χ2v) is 7.13. The van der Waals surface area contributed by atoms with E-state index < -0.39 is 0 Å². The zero-order valence-corrected chi connectivity index (χ0v) is 16.2. The molecule has 3 heterocycles. The Hall–Kier alpha value is -3.42. The molecule has 0 bridgehead atoms. The van der Waals surface area contributed by atoms with Gasteiger partial charge in [-0.3, -0.25) is 14.9 Å². The molecule has 0 saturated carbocycles. The molecule has 1 amide bonds. The number of hydrogen-bond acceptors (Lipinski definition) is 6. The molecule has 3 N–H and O–H groups in total. The van der Waals surface area contributed by atoms with Gasteiger partial charge in [-0.2, -0.15) is 5.10 Å². The van der Waals surface area contributed by atoms with Crippen molar-refractivity contribution in [1.82, 2.24) is 20.2 Å². The van der Waals surface area contributed by atoms with Crippen molar-refractivity contribution in [1.29, 1.82) is 0 Å². The maximum Gasteiger partial charge on any atom is 0.227 e. The summed E-state index contributed by atoms with van der Waals surface area (Å²) in [5.74, 6) is 2.05. The van der Waals surface area contributed by atoms with E-state index in [2.05, 4.69) is 37.7 Å². The molecule has 0 aliphatic carbocycles. The van der Waals surface area contributed by atoms with Gasteiger partial charge in [-0.25, -0.2) is 4.98 Å². The molecule has 0 radical (unpaired) electrons. The molecular weight excluding hydrogens is 354 g/mol. The topological polar surface area (TPSA) is 98.8 Å². The van der Waals surface area contributed by atoms with Gasteiger partial charge in [-0.1, -0.05) is 6.07 Å². The van der Waals surface area contributed by atoms with E-state index in [9.17, 15) is 4.79 Å². The standard InChI is InChI=1S/C20H23N7O/c1-12-4-6-15(9-16(12)27-14(3)5-7-20(27)28)22-18-10-21-11-19(24-18)23-17-8-13(2)25-26-17/h4,6,8-11,14H,5,7H2,1-3H3,(H3,22,23,24,25,26). The normalized spacial score (nSPS) is 16.5. The molecule has 4 rings (SSSR count). The van der Waals surface area contributed by atoms with E-state index >= 15 is 0 Å². The molecule has 8 nitrogen and oxygen atoms in total. The first-order valence-corrected chi connectivity index (χ1v) is 9.30. The first-order valence-electron chi connectivity index (χ1n) is 9.30. The maximum absolute atomic E-state index is 12.3. The highest BCUT2D eigenvalue weighted by Crippen LogP contribution is 2.32. The number of aromatic amines is 1. The van der Waals surface area contributed by atoms with Crippen molar-refractivity contribution in [2.45, 2.75) is 39.7 Å². The average Bonchev–Trinajstić information content (AvgIpc) is 3.22. The van der Waals surface area contributed by atoms with Gasteiger partial charge in [0.2, 0.25) is 5.91 Å². The molecule has 8 heteroatoms. The van der Waals surface area contributed by atoms with E-state index in [1.54, 1.807) is 12.4 Å². The number of aromatic nitrogens is 4. The van der Waals surface area contributed by atoms with Crippen molar-refractivity contribution in [3.8, 4) is 0 Å². The zero-order valence-electron chi connectivity index (χ0n) is 16.2. The smallest absolute Gasteiger partial charge is 0.227 e. The molecule has 3 aromatic rings. The molecule has 1 fully saturated rings. The van der Waals surface area contributed by atoms with Crippen molar-refractivity contribution in [3.63, 3.8) is 0 Å². The number of hydrogen-bond donors (Lipinski definition) is 3. The average molecular weight is 377 g/mol. The van der Waals surface area contributed by atoms with Crippen LogP contribution in [-0.4, -0.2) is 32.1 Å². The summed E-state index contributed by atoms with van der Waals surface area (Å²) in [6.07, 6.45) is 4.79. The zero-order chi connectivity index (χ0) is 19.7. The van der Waals surface area contributed by atoms with Crippen LogP contribution in [0, 0.1) is 13.8 Å². The molecule has 28 heavy (non-hydrogen) atoms. The number of rotatable bonds is 5. The Morgan fingerprint density at radius 1 is 1.11 bits per heavy atom. The van der Waals surface area contributed by atoms with Gasteiger partial charge < -0.3 is 15.5 Å². The second-order valence-electron chi connectivity index (χ2n) is 7.13. The lowest BCUT2D eigenvalue weighted by Crippen LogP contribution is -2.31. The molecule has 2 aromatic heterocycles. The molecule has 0 spiro atoms. The predicted molar refractivity (Wildman–Crippen MR) is 109 cm³/mol. The fourth-order valence-corrected chi connectivity index (χ4v) is 3.39. The Labute approximate surface area is 163 Å². The summed E-state index contributed by atoms with van der Waals surface area (Å²) in [4.78, 5) is 23.0. The van der Waals surface area contributed by atoms with Crippen LogP contribution in [-0.2, 0) is 4.79 Å². The SMILES string of the molecule is Cc1cc(Nc2cncc(Nc3ccc(C)c(N4C(=O)CCC4C)c3)n2)n[nH]1. The number of H-pyrrole nitrogens is 1. The van der Waals surface area contributed by atoms with Crippen molar-refractivity contribution >= 4 is 34.7 Å². The van der Waals surface area contributed by atoms with E-state index in [-0.39, 0.29) is 11.9 Å². The third-order valence-corrected chi connectivity index (χ3v) is 4.82. The minimum absolute atomic E-state index is 0.174. The highest BCUT2D eigenvalue weighted by Gasteiger charge is 2.29. The molecule has 1 aliphatic rings. The summed E-state index contributed by atoms with van der Waals surface area (Å²) in [6, 6.07) is 8.09. The number of aryl methyl sites for hydroxylation is 2. The lowest BCUT2D eigenvalue weighted by molar-refractivity contribution is -0.117. The number of anilines is 5. The second kappa shape index (κ2) is 7.30. The van der Waals surface area contributed by atoms with Crippen LogP contribution in [0.3, 0.4) is 0 Å². The summed E-state index contributed by atoms with van der Waals surface area (Å²) in [5.41, 5.74) is 3.83. The molecule has 1 aliphatic heterocycles. The monoisotopic (exact) mass is 377 g/mol. The lowest BCUT2D eigenvalue weighted by atomic mass is 10.1. The van der Waals surface area contributed by atoms with Crippen molar-refractivity contribution in [2.24, 2.45) is 0 Å². The van der Waals surface area contributed by atoms with Gasteiger partial charge >= 0.3 is 0 Å². The van der Waals surface area contributed by atoms with Crippen LogP contribution in [0.4, 0.5) is 28.8 Å². The van der Waals surface area contributed by atoms with Crippen LogP contribution < -0.4 is 15.5 Å². The minimum atomic E-state index is 0.174. The van der Waals surface area contributed by atoms with Gasteiger partial charge in [0.1, 0.15) is 0 Å². The molecule has 144 valence electrons. The van der Waals surface area contributed by atoms with E-state index in [1.807, 2.05) is 43.0 Å². The van der Waals surface area contributed by atoms with Gasteiger partial charge in [-0.05, 0) is 44.9 Å². The van der Waals surface area contributed by atoms with Crippen molar-refractivity contribution in [3.05, 3.63) is 47.9 Å². The number of benzene rings is 1. The first-order chi connectivity index (χ1) is 13.5. The van der Waals surface area contributed by atoms with E-state index in [4.69, 9.17) is 0 Å². The summed E-state index contributed by atoms with van der Waals surface area (Å²) in [6.45, 7) is 6.04. The predicted octanol–water partition coefficient (Wildman–Crippen LogP) is 3.82. The highest BCUT2D eigenvalue weighted by molar-refractivity contribution is 5.97. The largest absolute Gasteiger partial charge is 0.339 e. The fraction of sp³-hybridized carbons (Fsp3) is 0.300. The summed E-state index contributed by atoms with van der Waals surface area (Å²) in [7, 11) is 0. The maximum atomic E-state index is 12.3. The number of carbonyl (C=O) groups is 1. The lowest BCUT2D eigenvalue weighted by Gasteiger charge is -2.24. The molecule has 1 atom stereocenters. The molecular formula is C20H23N7O. The molecule has 1 saturated heterocycles. The van der Waals surface area contributed by atoms with Crippen LogP contribution in [0.5, 0.6) is 0 Å². The minimum Gasteiger partial charge on any atom is -0.339 e. The van der Waals surface area contributed by atoms with Crippen LogP contribution in [0.15, 0.2) is 36.7 Å². The number of carbonyl (C=O) groups excluding carboxylic acids is 1. The van der Waals surface area contributed by atoms with Gasteiger partial charge in [0.15, 0.2) is 17.5 Å². The number of nitrogens with one attached hydrogen (secondary N) is 3. The van der Waals surface area contributed by atoms with Crippen LogP contribution >= 0.6 is 0 Å². The first kappa shape index (κ1) is 18.0. The molecule has 1 unspecified atom stereocenters. The third-order valence-electron chi connectivity index (χ3n) is 4.82. The van der Waals surface area contributed by atoms with E-state index in [1.165, 1.54) is 0 Å². The third kappa shape index (κ3) is 3.66. The van der Waals surface area contributed by atoms with Gasteiger partial charge in [0, 0.05) is 35.6 Å². The Morgan fingerprint density at radius 2 is 1.89 bits per heavy atom. The Balaban J connectivity index is 1.55. The number of nitrogens with zero attached hydrogens (tertiary/aromatic N) is 4. The Kier molecular flexibility index (Phi) is 4.68. The summed E-state index contributed by atoms with van der Waals surface area (Å²) in [5, 5.41) is 13.4. The summed E-state index contributed by atoms with van der Waals surface area (Å²) < 4.78 is 0. The Morgan fingerprint density at radius 3 is 2.57 bits per heavy atom. The van der Waals surface area contributed by atoms with Crippen LogP contribution in [0.2, 0.25) is 0 Å². The van der Waals surface area contributed by atoms with Crippen molar-refractivity contribution < 1.29 is 4.79 Å². The van der Waals surface area contributed by atoms with Crippen molar-refractivity contribution in [2.75, 3.05) is 15.5 Å². The van der Waals surface area contributed by atoms with Gasteiger partial charge in [-0.15, -0.1) is 0 Å². The van der Waals surface area contributed by atoms with E-state index in [0.29, 0.717) is 23.9 Å². The van der Waals surface area contributed by atoms with Crippen LogP contribution in [0.1, 0.15) is 31.0 Å². The van der Waals surface area contributed by atoms with Gasteiger partial charge in [0.05, 0.1) is 12.4 Å². The number of amides is 1. The summed E-state index contributed by atoms with van der Waals surface area (Å²) >= 11 is 0. The Bertz CT molecular complexity index is 1010. The molecule has 1 aromatic carbocycles. The van der Waals surface area contributed by atoms with Gasteiger partial charge in [0.25, 0.3) is 0 Å². The quantitative estimate of drug-likeness (QED) is 0.625. The highest BCUT2D eigenvalue weighted by atomic mass is 16.2.